The van der Waals surface area contributed by atoms with Gasteiger partial charge in [-0.1, -0.05) is 31.2 Å². The predicted octanol–water partition coefficient (Wildman–Crippen LogP) is 4.16. The van der Waals surface area contributed by atoms with E-state index in [1.807, 2.05) is 10.3 Å². The van der Waals surface area contributed by atoms with Crippen LogP contribution in [0.2, 0.25) is 0 Å². The molecule has 0 spiro atoms. The van der Waals surface area contributed by atoms with Crippen LogP contribution in [0.25, 0.3) is 11.3 Å². The fraction of sp³-hybridized carbons (Fsp3) is 0.286. The Morgan fingerprint density at radius 2 is 1.73 bits per heavy atom. The van der Waals surface area contributed by atoms with Crippen molar-refractivity contribution in [1.82, 2.24) is 9.29 Å². The second-order valence-corrected chi connectivity index (χ2v) is 9.77. The van der Waals surface area contributed by atoms with E-state index < -0.39 is 26.6 Å². The van der Waals surface area contributed by atoms with Crippen LogP contribution in [0.1, 0.15) is 12.5 Å². The second-order valence-electron chi connectivity index (χ2n) is 7.03. The third-order valence-electron chi connectivity index (χ3n) is 5.17. The minimum Gasteiger partial charge on any atom is -0.345 e. The molecule has 30 heavy (non-hydrogen) atoms. The molecule has 0 unspecified atom stereocenters. The molecule has 1 fully saturated rings. The van der Waals surface area contributed by atoms with Crippen LogP contribution in [0.4, 0.5) is 13.9 Å². The molecule has 0 amide bonds. The van der Waals surface area contributed by atoms with Gasteiger partial charge in [-0.15, -0.1) is 11.3 Å². The van der Waals surface area contributed by atoms with Gasteiger partial charge in [0.25, 0.3) is 0 Å². The molecule has 158 valence electrons. The molecule has 0 aliphatic carbocycles. The number of hydrogen-bond acceptors (Lipinski definition) is 5. The van der Waals surface area contributed by atoms with Crippen molar-refractivity contribution >= 4 is 26.5 Å². The van der Waals surface area contributed by atoms with Crippen molar-refractivity contribution in [3.8, 4) is 11.3 Å². The molecule has 9 heteroatoms. The molecule has 0 atom stereocenters. The molecule has 0 bridgehead atoms. The van der Waals surface area contributed by atoms with Crippen molar-refractivity contribution in [3.05, 3.63) is 65.0 Å². The van der Waals surface area contributed by atoms with E-state index in [0.29, 0.717) is 19.2 Å². The summed E-state index contributed by atoms with van der Waals surface area (Å²) in [6.45, 7) is 3.42. The zero-order valence-electron chi connectivity index (χ0n) is 16.4. The average Bonchev–Trinajstić information content (AvgIpc) is 3.24. The lowest BCUT2D eigenvalue weighted by Crippen LogP contribution is -2.48. The molecule has 1 saturated heterocycles. The Balaban J connectivity index is 1.45. The topological polar surface area (TPSA) is 53.5 Å². The highest BCUT2D eigenvalue weighted by Gasteiger charge is 2.31. The number of aryl methyl sites for hydroxylation is 1. The first-order valence-corrected chi connectivity index (χ1v) is 12.0. The maximum Gasteiger partial charge on any atom is 0.246 e. The van der Waals surface area contributed by atoms with Gasteiger partial charge >= 0.3 is 0 Å². The van der Waals surface area contributed by atoms with Crippen LogP contribution in [0.3, 0.4) is 0 Å². The first kappa shape index (κ1) is 20.9. The zero-order chi connectivity index (χ0) is 21.3. The summed E-state index contributed by atoms with van der Waals surface area (Å²) in [5.41, 5.74) is 3.20. The van der Waals surface area contributed by atoms with Crippen molar-refractivity contribution in [2.24, 2.45) is 0 Å². The van der Waals surface area contributed by atoms with Crippen molar-refractivity contribution in [3.63, 3.8) is 0 Å². The number of rotatable bonds is 5. The Hall–Kier alpha value is -2.36. The number of aromatic nitrogens is 1. The molecule has 2 heterocycles. The summed E-state index contributed by atoms with van der Waals surface area (Å²) in [4.78, 5) is 6.24. The number of anilines is 1. The molecule has 1 aromatic heterocycles. The van der Waals surface area contributed by atoms with E-state index in [1.165, 1.54) is 21.2 Å². The van der Waals surface area contributed by atoms with E-state index in [-0.39, 0.29) is 13.1 Å². The molecule has 3 aromatic rings. The van der Waals surface area contributed by atoms with Gasteiger partial charge in [0.05, 0.1) is 5.69 Å². The predicted molar refractivity (Wildman–Crippen MR) is 114 cm³/mol. The van der Waals surface area contributed by atoms with Crippen molar-refractivity contribution in [2.45, 2.75) is 18.2 Å². The van der Waals surface area contributed by atoms with Crippen molar-refractivity contribution in [1.29, 1.82) is 0 Å². The summed E-state index contributed by atoms with van der Waals surface area (Å²) >= 11 is 1.52. The number of hydrogen-bond donors (Lipinski definition) is 0. The van der Waals surface area contributed by atoms with Gasteiger partial charge < -0.3 is 4.90 Å². The monoisotopic (exact) mass is 449 g/mol. The molecule has 0 saturated carbocycles. The van der Waals surface area contributed by atoms with Gasteiger partial charge in [0, 0.05) is 43.2 Å². The highest BCUT2D eigenvalue weighted by Crippen LogP contribution is 2.29. The van der Waals surface area contributed by atoms with E-state index in [9.17, 15) is 17.2 Å². The van der Waals surface area contributed by atoms with E-state index >= 15 is 0 Å². The third-order valence-corrected chi connectivity index (χ3v) is 8.00. The average molecular weight is 450 g/mol. The number of benzene rings is 2. The Morgan fingerprint density at radius 3 is 2.37 bits per heavy atom. The van der Waals surface area contributed by atoms with Crippen molar-refractivity contribution < 1.29 is 17.2 Å². The number of sulfonamides is 1. The van der Waals surface area contributed by atoms with Gasteiger partial charge in [-0.25, -0.2) is 22.2 Å². The smallest absolute Gasteiger partial charge is 0.246 e. The first-order chi connectivity index (χ1) is 14.4. The van der Waals surface area contributed by atoms with Gasteiger partial charge in [-0.05, 0) is 24.1 Å². The van der Waals surface area contributed by atoms with Crippen LogP contribution in [-0.2, 0) is 16.4 Å². The molecule has 4 rings (SSSR count). The molecule has 2 aromatic carbocycles. The number of piperazine rings is 1. The maximum absolute atomic E-state index is 14.0. The minimum absolute atomic E-state index is 0.208. The lowest BCUT2D eigenvalue weighted by atomic mass is 10.1. The lowest BCUT2D eigenvalue weighted by Gasteiger charge is -2.33. The summed E-state index contributed by atoms with van der Waals surface area (Å²) in [6, 6.07) is 10.8. The van der Waals surface area contributed by atoms with Gasteiger partial charge in [0.1, 0.15) is 16.5 Å². The second kappa shape index (κ2) is 8.41. The first-order valence-electron chi connectivity index (χ1n) is 9.63. The fourth-order valence-corrected chi connectivity index (χ4v) is 5.75. The molecular formula is C21H21F2N3O2S2. The SMILES string of the molecule is CCc1ccc(-c2csc(N3CCN(S(=O)(=O)c4ccc(F)cc4F)CC3)n2)cc1. The minimum atomic E-state index is -4.01. The van der Waals surface area contributed by atoms with E-state index in [4.69, 9.17) is 4.98 Å². The molecule has 1 aliphatic heterocycles. The summed E-state index contributed by atoms with van der Waals surface area (Å²) in [5.74, 6) is -1.88. The van der Waals surface area contributed by atoms with Gasteiger partial charge in [-0.3, -0.25) is 0 Å². The Labute approximate surface area is 178 Å². The maximum atomic E-state index is 14.0. The molecule has 1 aliphatic rings. The Morgan fingerprint density at radius 1 is 1.03 bits per heavy atom. The highest BCUT2D eigenvalue weighted by molar-refractivity contribution is 7.89. The molecule has 0 radical (unpaired) electrons. The summed E-state index contributed by atoms with van der Waals surface area (Å²) in [5, 5.41) is 2.82. The normalized spacial score (nSPS) is 15.5. The van der Waals surface area contributed by atoms with Crippen LogP contribution in [0.5, 0.6) is 0 Å². The number of thiazole rings is 1. The number of halogens is 2. The summed E-state index contributed by atoms with van der Waals surface area (Å²) < 4.78 is 53.8. The van der Waals surface area contributed by atoms with Crippen LogP contribution in [-0.4, -0.2) is 43.9 Å². The molecule has 5 nitrogen and oxygen atoms in total. The largest absolute Gasteiger partial charge is 0.345 e. The van der Waals surface area contributed by atoms with Crippen molar-refractivity contribution in [2.75, 3.05) is 31.1 Å². The Kier molecular flexibility index (Phi) is 5.86. The van der Waals surface area contributed by atoms with E-state index in [1.54, 1.807) is 0 Å². The van der Waals surface area contributed by atoms with Crippen LogP contribution in [0, 0.1) is 11.6 Å². The summed E-state index contributed by atoms with van der Waals surface area (Å²) in [7, 11) is -4.01. The quantitative estimate of drug-likeness (QED) is 0.587. The molecule has 0 N–H and O–H groups in total. The molecular weight excluding hydrogens is 428 g/mol. The number of nitrogens with zero attached hydrogens (tertiary/aromatic N) is 3. The highest BCUT2D eigenvalue weighted by atomic mass is 32.2. The Bertz CT molecular complexity index is 1140. The lowest BCUT2D eigenvalue weighted by molar-refractivity contribution is 0.382. The summed E-state index contributed by atoms with van der Waals surface area (Å²) in [6.07, 6.45) is 0.984. The third kappa shape index (κ3) is 4.10. The fourth-order valence-electron chi connectivity index (χ4n) is 3.40. The van der Waals surface area contributed by atoms with Gasteiger partial charge in [-0.2, -0.15) is 4.31 Å². The zero-order valence-corrected chi connectivity index (χ0v) is 18.0. The van der Waals surface area contributed by atoms with Crippen LogP contribution in [0.15, 0.2) is 52.7 Å². The van der Waals surface area contributed by atoms with E-state index in [2.05, 4.69) is 31.2 Å². The standard InChI is InChI=1S/C21H21F2N3O2S2/c1-2-15-3-5-16(6-4-15)19-14-29-21(24-19)25-9-11-26(12-10-25)30(27,28)20-8-7-17(22)13-18(20)23/h3-8,13-14H,2,9-12H2,1H3. The van der Waals surface area contributed by atoms with Gasteiger partial charge in [0.15, 0.2) is 5.13 Å². The van der Waals surface area contributed by atoms with Crippen LogP contribution < -0.4 is 4.90 Å². The van der Waals surface area contributed by atoms with Crippen LogP contribution >= 0.6 is 11.3 Å². The van der Waals surface area contributed by atoms with E-state index in [0.717, 1.165) is 34.9 Å². The van der Waals surface area contributed by atoms with Gasteiger partial charge in [0.2, 0.25) is 10.0 Å².